The maximum atomic E-state index is 11.7. The van der Waals surface area contributed by atoms with Gasteiger partial charge in [0.05, 0.1) is 0 Å². The fourth-order valence-electron chi connectivity index (χ4n) is 1.26. The number of hydrogen-bond donors (Lipinski definition) is 0. The van der Waals surface area contributed by atoms with Crippen molar-refractivity contribution in [3.8, 4) is 0 Å². The van der Waals surface area contributed by atoms with Crippen molar-refractivity contribution in [3.05, 3.63) is 60.2 Å². The van der Waals surface area contributed by atoms with Gasteiger partial charge in [-0.15, -0.1) is 0 Å². The summed E-state index contributed by atoms with van der Waals surface area (Å²) in [4.78, 5) is 30.9. The number of ketones is 2. The SMILES string of the molecule is O=C(C(=O)c1ccncn1)c1ccccc1. The number of hydrogen-bond acceptors (Lipinski definition) is 4. The zero-order valence-electron chi connectivity index (χ0n) is 8.33. The molecule has 0 N–H and O–H groups in total. The van der Waals surface area contributed by atoms with Crippen LogP contribution in [0.5, 0.6) is 0 Å². The minimum atomic E-state index is -0.617. The number of carbonyl (C=O) groups excluding carboxylic acids is 2. The number of nitrogens with zero attached hydrogens (tertiary/aromatic N) is 2. The Labute approximate surface area is 92.0 Å². The summed E-state index contributed by atoms with van der Waals surface area (Å²) in [5.41, 5.74) is 0.481. The van der Waals surface area contributed by atoms with Gasteiger partial charge in [0.2, 0.25) is 5.78 Å². The van der Waals surface area contributed by atoms with Gasteiger partial charge in [0.1, 0.15) is 12.0 Å². The van der Waals surface area contributed by atoms with E-state index in [9.17, 15) is 9.59 Å². The number of Topliss-reactive ketones (excluding diaryl/α,β-unsaturated/α-hetero) is 2. The smallest absolute Gasteiger partial charge is 0.251 e. The van der Waals surface area contributed by atoms with Gasteiger partial charge in [0, 0.05) is 11.8 Å². The second-order valence-electron chi connectivity index (χ2n) is 3.12. The molecule has 1 heterocycles. The normalized spacial score (nSPS) is 9.75. The van der Waals surface area contributed by atoms with Gasteiger partial charge < -0.3 is 0 Å². The molecule has 78 valence electrons. The monoisotopic (exact) mass is 212 g/mol. The molecule has 2 rings (SSSR count). The molecule has 0 unspecified atom stereocenters. The zero-order chi connectivity index (χ0) is 11.4. The van der Waals surface area contributed by atoms with Crippen LogP contribution in [0.2, 0.25) is 0 Å². The van der Waals surface area contributed by atoms with Gasteiger partial charge >= 0.3 is 0 Å². The van der Waals surface area contributed by atoms with E-state index in [1.807, 2.05) is 0 Å². The van der Waals surface area contributed by atoms with Crippen LogP contribution in [-0.2, 0) is 0 Å². The van der Waals surface area contributed by atoms with Gasteiger partial charge in [-0.2, -0.15) is 0 Å². The van der Waals surface area contributed by atoms with Gasteiger partial charge in [0.15, 0.2) is 0 Å². The van der Waals surface area contributed by atoms with Crippen LogP contribution in [0.4, 0.5) is 0 Å². The van der Waals surface area contributed by atoms with Crippen molar-refractivity contribution in [2.45, 2.75) is 0 Å². The molecule has 0 aliphatic heterocycles. The molecule has 0 saturated carbocycles. The summed E-state index contributed by atoms with van der Waals surface area (Å²) >= 11 is 0. The number of aromatic nitrogens is 2. The average molecular weight is 212 g/mol. The van der Waals surface area contributed by atoms with Crippen molar-refractivity contribution in [3.63, 3.8) is 0 Å². The maximum Gasteiger partial charge on any atom is 0.251 e. The molecule has 0 amide bonds. The van der Waals surface area contributed by atoms with Gasteiger partial charge in [-0.1, -0.05) is 30.3 Å². The molecule has 0 aliphatic carbocycles. The van der Waals surface area contributed by atoms with Crippen LogP contribution in [-0.4, -0.2) is 21.5 Å². The average Bonchev–Trinajstić information content (AvgIpc) is 2.39. The molecule has 4 heteroatoms. The first-order valence-electron chi connectivity index (χ1n) is 4.69. The molecule has 0 bridgehead atoms. The first-order chi connectivity index (χ1) is 7.79. The molecule has 0 spiro atoms. The Morgan fingerprint density at radius 1 is 0.938 bits per heavy atom. The highest BCUT2D eigenvalue weighted by atomic mass is 16.2. The van der Waals surface area contributed by atoms with E-state index >= 15 is 0 Å². The highest BCUT2D eigenvalue weighted by molar-refractivity contribution is 6.48. The predicted octanol–water partition coefficient (Wildman–Crippen LogP) is 1.54. The van der Waals surface area contributed by atoms with E-state index in [-0.39, 0.29) is 5.69 Å². The molecular formula is C12H8N2O2. The van der Waals surface area contributed by atoms with Crippen LogP contribution in [0.25, 0.3) is 0 Å². The third-order valence-corrected chi connectivity index (χ3v) is 2.06. The number of rotatable bonds is 3. The first-order valence-corrected chi connectivity index (χ1v) is 4.69. The minimum absolute atomic E-state index is 0.115. The molecule has 0 radical (unpaired) electrons. The van der Waals surface area contributed by atoms with Gasteiger partial charge in [-0.3, -0.25) is 9.59 Å². The van der Waals surface area contributed by atoms with Gasteiger partial charge in [-0.05, 0) is 6.07 Å². The standard InChI is InChI=1S/C12H8N2O2/c15-11(9-4-2-1-3-5-9)12(16)10-6-7-13-8-14-10/h1-8H. The van der Waals surface area contributed by atoms with E-state index in [0.29, 0.717) is 5.56 Å². The van der Waals surface area contributed by atoms with Crippen molar-refractivity contribution < 1.29 is 9.59 Å². The molecule has 0 saturated heterocycles. The lowest BCUT2D eigenvalue weighted by molar-refractivity contribution is 0.0814. The van der Waals surface area contributed by atoms with Gasteiger partial charge in [0.25, 0.3) is 5.78 Å². The lowest BCUT2D eigenvalue weighted by Gasteiger charge is -1.98. The molecule has 0 fully saturated rings. The Morgan fingerprint density at radius 2 is 1.69 bits per heavy atom. The third kappa shape index (κ3) is 2.00. The second kappa shape index (κ2) is 4.44. The molecular weight excluding hydrogens is 204 g/mol. The van der Waals surface area contributed by atoms with Crippen molar-refractivity contribution >= 4 is 11.6 Å². The van der Waals surface area contributed by atoms with Crippen molar-refractivity contribution in [2.75, 3.05) is 0 Å². The van der Waals surface area contributed by atoms with Crippen molar-refractivity contribution in [2.24, 2.45) is 0 Å². The third-order valence-electron chi connectivity index (χ3n) is 2.06. The summed E-state index contributed by atoms with van der Waals surface area (Å²) in [6, 6.07) is 9.82. The Hall–Kier alpha value is -2.36. The lowest BCUT2D eigenvalue weighted by atomic mass is 10.1. The van der Waals surface area contributed by atoms with E-state index in [1.165, 1.54) is 18.6 Å². The van der Waals surface area contributed by atoms with E-state index in [0.717, 1.165) is 0 Å². The summed E-state index contributed by atoms with van der Waals surface area (Å²) in [5.74, 6) is -1.17. The molecule has 0 atom stereocenters. The topological polar surface area (TPSA) is 59.9 Å². The Balaban J connectivity index is 2.28. The largest absolute Gasteiger partial charge is 0.285 e. The molecule has 2 aromatic rings. The Kier molecular flexibility index (Phi) is 2.82. The molecule has 1 aromatic heterocycles. The van der Waals surface area contributed by atoms with Crippen LogP contribution in [0.15, 0.2) is 48.9 Å². The Bertz CT molecular complexity index is 460. The number of carbonyl (C=O) groups is 2. The second-order valence-corrected chi connectivity index (χ2v) is 3.12. The van der Waals surface area contributed by atoms with E-state index in [4.69, 9.17) is 0 Å². The van der Waals surface area contributed by atoms with Gasteiger partial charge in [-0.25, -0.2) is 9.97 Å². The van der Waals surface area contributed by atoms with Crippen LogP contribution in [0.3, 0.4) is 0 Å². The van der Waals surface area contributed by atoms with Crippen LogP contribution in [0.1, 0.15) is 20.8 Å². The number of benzene rings is 1. The molecule has 1 aromatic carbocycles. The van der Waals surface area contributed by atoms with Crippen LogP contribution in [0, 0.1) is 0 Å². The van der Waals surface area contributed by atoms with E-state index < -0.39 is 11.6 Å². The van der Waals surface area contributed by atoms with Crippen LogP contribution >= 0.6 is 0 Å². The van der Waals surface area contributed by atoms with Crippen molar-refractivity contribution in [1.29, 1.82) is 0 Å². The molecule has 0 aliphatic rings. The molecule has 4 nitrogen and oxygen atoms in total. The van der Waals surface area contributed by atoms with Crippen LogP contribution < -0.4 is 0 Å². The summed E-state index contributed by atoms with van der Waals surface area (Å²) in [6.07, 6.45) is 2.67. The quantitative estimate of drug-likeness (QED) is 0.572. The minimum Gasteiger partial charge on any atom is -0.285 e. The predicted molar refractivity (Wildman–Crippen MR) is 57.1 cm³/mol. The summed E-state index contributed by atoms with van der Waals surface area (Å²) in [5, 5.41) is 0. The fourth-order valence-corrected chi connectivity index (χ4v) is 1.26. The fraction of sp³-hybridized carbons (Fsp3) is 0. The summed E-state index contributed by atoms with van der Waals surface area (Å²) in [7, 11) is 0. The lowest BCUT2D eigenvalue weighted by Crippen LogP contribution is -2.15. The van der Waals surface area contributed by atoms with E-state index in [1.54, 1.807) is 30.3 Å². The first kappa shape index (κ1) is 10.2. The highest BCUT2D eigenvalue weighted by Crippen LogP contribution is 2.04. The molecule has 16 heavy (non-hydrogen) atoms. The maximum absolute atomic E-state index is 11.7. The summed E-state index contributed by atoms with van der Waals surface area (Å²) < 4.78 is 0. The van der Waals surface area contributed by atoms with Crippen molar-refractivity contribution in [1.82, 2.24) is 9.97 Å². The van der Waals surface area contributed by atoms with E-state index in [2.05, 4.69) is 9.97 Å². The zero-order valence-corrected chi connectivity index (χ0v) is 8.33. The summed E-state index contributed by atoms with van der Waals surface area (Å²) in [6.45, 7) is 0. The Morgan fingerprint density at radius 3 is 2.31 bits per heavy atom. The highest BCUT2D eigenvalue weighted by Gasteiger charge is 2.18.